The largest absolute Gasteiger partial charge is 0.492 e. The summed E-state index contributed by atoms with van der Waals surface area (Å²) in [7, 11) is 0. The highest BCUT2D eigenvalue weighted by atomic mass is 16.6. The van der Waals surface area contributed by atoms with E-state index in [1.165, 1.54) is 0 Å². The normalized spacial score (nSPS) is 16.3. The number of fused-ring (bicyclic) bond motifs is 1. The molecule has 29 heavy (non-hydrogen) atoms. The number of amides is 1. The Morgan fingerprint density at radius 3 is 2.76 bits per heavy atom. The smallest absolute Gasteiger partial charge is 0.255 e. The van der Waals surface area contributed by atoms with Gasteiger partial charge in [0.05, 0.1) is 18.8 Å². The van der Waals surface area contributed by atoms with Gasteiger partial charge < -0.3 is 24.3 Å². The van der Waals surface area contributed by atoms with Gasteiger partial charge in [-0.2, -0.15) is 0 Å². The summed E-state index contributed by atoms with van der Waals surface area (Å²) < 4.78 is 22.4. The summed E-state index contributed by atoms with van der Waals surface area (Å²) in [6, 6.07) is 13.1. The molecule has 0 atom stereocenters. The topological polar surface area (TPSA) is 69.3 Å². The fourth-order valence-electron chi connectivity index (χ4n) is 3.39. The van der Waals surface area contributed by atoms with Crippen molar-refractivity contribution in [2.45, 2.75) is 6.54 Å². The van der Waals surface area contributed by atoms with Crippen molar-refractivity contribution in [3.8, 4) is 17.2 Å². The lowest BCUT2D eigenvalue weighted by Gasteiger charge is -2.26. The summed E-state index contributed by atoms with van der Waals surface area (Å²) in [6.45, 7) is 6.34. The third-order valence-electron chi connectivity index (χ3n) is 4.94. The second-order valence-corrected chi connectivity index (χ2v) is 6.96. The molecule has 0 aliphatic carbocycles. The van der Waals surface area contributed by atoms with E-state index in [2.05, 4.69) is 10.2 Å². The van der Waals surface area contributed by atoms with Gasteiger partial charge in [-0.25, -0.2) is 0 Å². The Kier molecular flexibility index (Phi) is 6.49. The summed E-state index contributed by atoms with van der Waals surface area (Å²) in [5, 5.41) is 2.95. The van der Waals surface area contributed by atoms with Gasteiger partial charge >= 0.3 is 0 Å². The SMILES string of the molecule is O=C(NCc1cccc(OCCN2CCOCC2)c1)c1cccc2c1OCCO2. The van der Waals surface area contributed by atoms with Crippen molar-refractivity contribution in [2.75, 3.05) is 52.7 Å². The van der Waals surface area contributed by atoms with Crippen LogP contribution in [0.5, 0.6) is 17.2 Å². The molecule has 1 fully saturated rings. The Morgan fingerprint density at radius 1 is 1.03 bits per heavy atom. The van der Waals surface area contributed by atoms with E-state index in [9.17, 15) is 4.79 Å². The zero-order valence-corrected chi connectivity index (χ0v) is 16.4. The summed E-state index contributed by atoms with van der Waals surface area (Å²) in [6.07, 6.45) is 0. The number of carbonyl (C=O) groups excluding carboxylic acids is 1. The highest BCUT2D eigenvalue weighted by Crippen LogP contribution is 2.33. The van der Waals surface area contributed by atoms with Crippen molar-refractivity contribution < 1.29 is 23.7 Å². The quantitative estimate of drug-likeness (QED) is 0.770. The van der Waals surface area contributed by atoms with Crippen LogP contribution in [0, 0.1) is 0 Å². The Morgan fingerprint density at radius 2 is 1.86 bits per heavy atom. The van der Waals surface area contributed by atoms with Crippen LogP contribution in [-0.4, -0.2) is 63.5 Å². The minimum Gasteiger partial charge on any atom is -0.492 e. The van der Waals surface area contributed by atoms with Gasteiger partial charge in [-0.3, -0.25) is 9.69 Å². The van der Waals surface area contributed by atoms with Crippen molar-refractivity contribution in [3.63, 3.8) is 0 Å². The number of nitrogens with one attached hydrogen (secondary N) is 1. The maximum atomic E-state index is 12.6. The monoisotopic (exact) mass is 398 g/mol. The van der Waals surface area contributed by atoms with Crippen molar-refractivity contribution in [1.29, 1.82) is 0 Å². The highest BCUT2D eigenvalue weighted by Gasteiger charge is 2.20. The molecule has 1 saturated heterocycles. The standard InChI is InChI=1S/C22H26N2O5/c25-22(19-5-2-6-20-21(19)29-14-13-28-20)23-16-17-3-1-4-18(15-17)27-12-9-24-7-10-26-11-8-24/h1-6,15H,7-14,16H2,(H,23,25). The van der Waals surface area contributed by atoms with Gasteiger partial charge in [0.15, 0.2) is 11.5 Å². The molecule has 2 aromatic rings. The van der Waals surface area contributed by atoms with Crippen molar-refractivity contribution >= 4 is 5.91 Å². The molecular formula is C22H26N2O5. The molecule has 0 radical (unpaired) electrons. The minimum atomic E-state index is -0.189. The van der Waals surface area contributed by atoms with Crippen LogP contribution in [0.3, 0.4) is 0 Å². The van der Waals surface area contributed by atoms with Crippen molar-refractivity contribution in [3.05, 3.63) is 53.6 Å². The molecule has 7 heteroatoms. The van der Waals surface area contributed by atoms with E-state index in [1.54, 1.807) is 12.1 Å². The van der Waals surface area contributed by atoms with Crippen LogP contribution in [0.2, 0.25) is 0 Å². The second kappa shape index (κ2) is 9.62. The van der Waals surface area contributed by atoms with Gasteiger partial charge in [0.2, 0.25) is 0 Å². The first-order chi connectivity index (χ1) is 14.3. The summed E-state index contributed by atoms with van der Waals surface area (Å²) in [5.74, 6) is 1.74. The van der Waals surface area contributed by atoms with Crippen LogP contribution in [0.25, 0.3) is 0 Å². The number of morpholine rings is 1. The van der Waals surface area contributed by atoms with E-state index in [-0.39, 0.29) is 5.91 Å². The molecule has 0 saturated carbocycles. The van der Waals surface area contributed by atoms with Crippen LogP contribution in [0.4, 0.5) is 0 Å². The number of hydrogen-bond acceptors (Lipinski definition) is 6. The van der Waals surface area contributed by atoms with Gasteiger partial charge in [-0.1, -0.05) is 18.2 Å². The third-order valence-corrected chi connectivity index (χ3v) is 4.94. The number of hydrogen-bond donors (Lipinski definition) is 1. The van der Waals surface area contributed by atoms with Crippen LogP contribution in [0.15, 0.2) is 42.5 Å². The molecule has 2 aliphatic rings. The summed E-state index contributed by atoms with van der Waals surface area (Å²) in [4.78, 5) is 15.0. The number of benzene rings is 2. The van der Waals surface area contributed by atoms with Crippen molar-refractivity contribution in [2.24, 2.45) is 0 Å². The lowest BCUT2D eigenvalue weighted by atomic mass is 10.1. The molecule has 2 aromatic carbocycles. The maximum Gasteiger partial charge on any atom is 0.255 e. The maximum absolute atomic E-state index is 12.6. The first kappa shape index (κ1) is 19.5. The fourth-order valence-corrected chi connectivity index (χ4v) is 3.39. The molecule has 0 aromatic heterocycles. The molecule has 7 nitrogen and oxygen atoms in total. The van der Waals surface area contributed by atoms with Gasteiger partial charge in [0.25, 0.3) is 5.91 Å². The molecule has 4 rings (SSSR count). The Bertz CT molecular complexity index is 836. The van der Waals surface area contributed by atoms with Crippen LogP contribution < -0.4 is 19.5 Å². The van der Waals surface area contributed by atoms with Crippen LogP contribution >= 0.6 is 0 Å². The van der Waals surface area contributed by atoms with E-state index in [0.29, 0.717) is 43.4 Å². The zero-order chi connectivity index (χ0) is 19.9. The first-order valence-corrected chi connectivity index (χ1v) is 9.98. The summed E-state index contributed by atoms with van der Waals surface area (Å²) in [5.41, 5.74) is 1.46. The van der Waals surface area contributed by atoms with E-state index in [0.717, 1.165) is 44.2 Å². The molecule has 154 valence electrons. The third kappa shape index (κ3) is 5.19. The van der Waals surface area contributed by atoms with Gasteiger partial charge in [0, 0.05) is 26.2 Å². The number of para-hydroxylation sites is 1. The number of nitrogens with zero attached hydrogens (tertiary/aromatic N) is 1. The Labute approximate surface area is 170 Å². The molecule has 0 unspecified atom stereocenters. The second-order valence-electron chi connectivity index (χ2n) is 6.96. The molecule has 1 N–H and O–H groups in total. The first-order valence-electron chi connectivity index (χ1n) is 9.98. The molecule has 0 spiro atoms. The van der Waals surface area contributed by atoms with Gasteiger partial charge in [-0.05, 0) is 29.8 Å². The van der Waals surface area contributed by atoms with E-state index in [4.69, 9.17) is 18.9 Å². The number of ether oxygens (including phenoxy) is 4. The molecular weight excluding hydrogens is 372 g/mol. The number of carbonyl (C=O) groups is 1. The molecule has 0 bridgehead atoms. The Balaban J connectivity index is 1.30. The van der Waals surface area contributed by atoms with Gasteiger partial charge in [-0.15, -0.1) is 0 Å². The summed E-state index contributed by atoms with van der Waals surface area (Å²) >= 11 is 0. The average molecular weight is 398 g/mol. The lowest BCUT2D eigenvalue weighted by molar-refractivity contribution is 0.0322. The van der Waals surface area contributed by atoms with Gasteiger partial charge in [0.1, 0.15) is 25.6 Å². The minimum absolute atomic E-state index is 0.189. The molecule has 2 aliphatic heterocycles. The predicted octanol–water partition coefficient (Wildman–Crippen LogP) is 2.10. The fraction of sp³-hybridized carbons (Fsp3) is 0.409. The highest BCUT2D eigenvalue weighted by molar-refractivity contribution is 5.97. The van der Waals surface area contributed by atoms with Crippen LogP contribution in [0.1, 0.15) is 15.9 Å². The number of rotatable bonds is 7. The van der Waals surface area contributed by atoms with E-state index < -0.39 is 0 Å². The molecule has 2 heterocycles. The Hall–Kier alpha value is -2.77. The van der Waals surface area contributed by atoms with Crippen molar-refractivity contribution in [1.82, 2.24) is 10.2 Å². The zero-order valence-electron chi connectivity index (χ0n) is 16.4. The van der Waals surface area contributed by atoms with E-state index in [1.807, 2.05) is 30.3 Å². The average Bonchev–Trinajstić information content (AvgIpc) is 2.78. The lowest BCUT2D eigenvalue weighted by Crippen LogP contribution is -2.38. The predicted molar refractivity (Wildman–Crippen MR) is 108 cm³/mol. The van der Waals surface area contributed by atoms with Crippen LogP contribution in [-0.2, 0) is 11.3 Å². The van der Waals surface area contributed by atoms with E-state index >= 15 is 0 Å². The molecule has 1 amide bonds.